The van der Waals surface area contributed by atoms with Gasteiger partial charge in [0.2, 0.25) is 5.88 Å². The lowest BCUT2D eigenvalue weighted by molar-refractivity contribution is -0.00713. The second kappa shape index (κ2) is 14.4. The molecule has 0 amide bonds. The van der Waals surface area contributed by atoms with Gasteiger partial charge in [0, 0.05) is 32.8 Å². The van der Waals surface area contributed by atoms with E-state index in [2.05, 4.69) is 22.1 Å². The summed E-state index contributed by atoms with van der Waals surface area (Å²) >= 11 is 5.20. The molecule has 4 heterocycles. The predicted octanol–water partition coefficient (Wildman–Crippen LogP) is 2.54. The van der Waals surface area contributed by atoms with Crippen molar-refractivity contribution in [1.82, 2.24) is 9.55 Å². The molecule has 37 heavy (non-hydrogen) atoms. The van der Waals surface area contributed by atoms with Crippen molar-refractivity contribution in [2.45, 2.75) is 11.8 Å². The Bertz CT molecular complexity index is 1310. The number of methoxy groups -OCH3 is 1. The van der Waals surface area contributed by atoms with Crippen LogP contribution in [-0.2, 0) is 30.7 Å². The first-order valence-electron chi connectivity index (χ1n) is 12.1. The Kier molecular flexibility index (Phi) is 11.0. The van der Waals surface area contributed by atoms with Crippen LogP contribution in [0.25, 0.3) is 21.6 Å². The number of aryl methyl sites for hydroxylation is 1. The van der Waals surface area contributed by atoms with Gasteiger partial charge in [0.15, 0.2) is 0 Å². The molecule has 202 valence electrons. The standard InChI is InChI=1S/C25H33N3O6S3/c1-17-27-19(25(29)28(17)2)14-18-15-20-23(35-18)24-21(36-20)16-22(37-24)26-4-5-31-8-9-33-12-13-34-11-10-32-7-6-30-3/h14-16,29H,4-13H2,1-3H3/b18-14+,26-22?. The highest BCUT2D eigenvalue weighted by Gasteiger charge is 2.18. The molecule has 1 aliphatic rings. The highest BCUT2D eigenvalue weighted by atomic mass is 32.2. The summed E-state index contributed by atoms with van der Waals surface area (Å²) in [7, 11) is 3.46. The second-order valence-corrected chi connectivity index (χ2v) is 11.3. The summed E-state index contributed by atoms with van der Waals surface area (Å²) in [5.74, 6) is 0.974. The lowest BCUT2D eigenvalue weighted by Crippen LogP contribution is -2.13. The molecule has 0 bridgehead atoms. The molecule has 0 atom stereocenters. The van der Waals surface area contributed by atoms with Crippen molar-refractivity contribution >= 4 is 61.0 Å². The Morgan fingerprint density at radius 3 is 2.24 bits per heavy atom. The van der Waals surface area contributed by atoms with Crippen molar-refractivity contribution < 1.29 is 28.8 Å². The average Bonchev–Trinajstić information content (AvgIpc) is 3.60. The summed E-state index contributed by atoms with van der Waals surface area (Å²) in [6, 6.07) is 2.17. The summed E-state index contributed by atoms with van der Waals surface area (Å²) in [5, 5.41) is 11.3. The van der Waals surface area contributed by atoms with E-state index < -0.39 is 0 Å². The van der Waals surface area contributed by atoms with E-state index in [1.165, 1.54) is 18.8 Å². The fraction of sp³-hybridized carbons (Fsp3) is 0.520. The van der Waals surface area contributed by atoms with Crippen molar-refractivity contribution in [2.75, 3.05) is 73.1 Å². The van der Waals surface area contributed by atoms with E-state index in [1.54, 1.807) is 46.1 Å². The summed E-state index contributed by atoms with van der Waals surface area (Å²) < 4.78 is 33.3. The number of aliphatic imine (C=N–C) groups is 1. The molecule has 9 nitrogen and oxygen atoms in total. The SMILES string of the molecule is COCCOCCOCCOCCOCCN=C1C=c2sc3c/c(=C\c4nc(C)n(C)c4O)sc3c2S1. The zero-order chi connectivity index (χ0) is 26.0. The highest BCUT2D eigenvalue weighted by Crippen LogP contribution is 2.35. The summed E-state index contributed by atoms with van der Waals surface area (Å²) in [4.78, 5) is 10.4. The Hall–Kier alpha value is -1.77. The van der Waals surface area contributed by atoms with Crippen LogP contribution < -0.4 is 9.06 Å². The van der Waals surface area contributed by atoms with Gasteiger partial charge in [0.25, 0.3) is 0 Å². The van der Waals surface area contributed by atoms with Crippen molar-refractivity contribution in [1.29, 1.82) is 0 Å². The maximum atomic E-state index is 10.2. The molecule has 12 heteroatoms. The van der Waals surface area contributed by atoms with Gasteiger partial charge in [-0.05, 0) is 25.1 Å². The monoisotopic (exact) mass is 567 g/mol. The molecule has 0 saturated heterocycles. The van der Waals surface area contributed by atoms with Gasteiger partial charge in [-0.15, -0.1) is 22.7 Å². The molecule has 0 fully saturated rings. The van der Waals surface area contributed by atoms with E-state index in [0.717, 1.165) is 15.4 Å². The zero-order valence-electron chi connectivity index (χ0n) is 21.4. The Morgan fingerprint density at radius 2 is 1.62 bits per heavy atom. The molecule has 1 N–H and O–H groups in total. The van der Waals surface area contributed by atoms with Crippen molar-refractivity contribution in [3.8, 4) is 5.88 Å². The number of imidazole rings is 1. The molecular weight excluding hydrogens is 534 g/mol. The molecule has 1 aliphatic heterocycles. The van der Waals surface area contributed by atoms with Gasteiger partial charge >= 0.3 is 0 Å². The van der Waals surface area contributed by atoms with Crippen LogP contribution >= 0.6 is 34.4 Å². The number of aromatic hydroxyl groups is 1. The van der Waals surface area contributed by atoms with Crippen LogP contribution in [0.5, 0.6) is 5.88 Å². The van der Waals surface area contributed by atoms with E-state index in [0.29, 0.717) is 71.7 Å². The van der Waals surface area contributed by atoms with E-state index in [-0.39, 0.29) is 5.88 Å². The first-order chi connectivity index (χ1) is 18.1. The third-order valence-electron chi connectivity index (χ3n) is 5.47. The predicted molar refractivity (Wildman–Crippen MR) is 150 cm³/mol. The van der Waals surface area contributed by atoms with Crippen molar-refractivity contribution in [2.24, 2.45) is 12.0 Å². The molecule has 0 aromatic carbocycles. The molecule has 0 spiro atoms. The van der Waals surface area contributed by atoms with E-state index in [4.69, 9.17) is 23.7 Å². The van der Waals surface area contributed by atoms with Gasteiger partial charge in [-0.25, -0.2) is 4.98 Å². The lowest BCUT2D eigenvalue weighted by atomic mass is 10.4. The maximum absolute atomic E-state index is 10.2. The molecular formula is C25H33N3O6S3. The number of rotatable bonds is 16. The van der Waals surface area contributed by atoms with E-state index in [1.807, 2.05) is 20.0 Å². The molecule has 0 saturated carbocycles. The summed E-state index contributed by atoms with van der Waals surface area (Å²) in [5.41, 5.74) is 0.602. The van der Waals surface area contributed by atoms with Crippen molar-refractivity contribution in [3.63, 3.8) is 0 Å². The minimum absolute atomic E-state index is 0.190. The molecule has 4 rings (SSSR count). The first-order valence-corrected chi connectivity index (χ1v) is 14.5. The van der Waals surface area contributed by atoms with Crippen LogP contribution in [0.4, 0.5) is 0 Å². The van der Waals surface area contributed by atoms with Gasteiger partial charge in [-0.3, -0.25) is 4.99 Å². The highest BCUT2D eigenvalue weighted by molar-refractivity contribution is 8.15. The summed E-state index contributed by atoms with van der Waals surface area (Å²) in [6.45, 7) is 7.51. The summed E-state index contributed by atoms with van der Waals surface area (Å²) in [6.07, 6.45) is 4.10. The Labute approximate surface area is 228 Å². The van der Waals surface area contributed by atoms with Gasteiger partial charge in [-0.2, -0.15) is 0 Å². The number of hydrogen-bond donors (Lipinski definition) is 1. The second-order valence-electron chi connectivity index (χ2n) is 8.12. The number of thioether (sulfide) groups is 1. The van der Waals surface area contributed by atoms with Crippen molar-refractivity contribution in [3.05, 3.63) is 26.6 Å². The third kappa shape index (κ3) is 7.87. The molecule has 0 unspecified atom stereocenters. The number of aromatic nitrogens is 2. The molecule has 0 radical (unpaired) electrons. The quantitative estimate of drug-likeness (QED) is 0.264. The fourth-order valence-electron chi connectivity index (χ4n) is 3.47. The van der Waals surface area contributed by atoms with Crippen LogP contribution in [0.1, 0.15) is 11.5 Å². The Morgan fingerprint density at radius 1 is 0.973 bits per heavy atom. The molecule has 3 aromatic rings. The lowest BCUT2D eigenvalue weighted by Gasteiger charge is -2.07. The van der Waals surface area contributed by atoms with Gasteiger partial charge < -0.3 is 33.4 Å². The van der Waals surface area contributed by atoms with Crippen LogP contribution in [0, 0.1) is 6.92 Å². The van der Waals surface area contributed by atoms with E-state index >= 15 is 0 Å². The van der Waals surface area contributed by atoms with Gasteiger partial charge in [0.1, 0.15) is 11.5 Å². The number of fused-ring (bicyclic) bond motifs is 3. The fourth-order valence-corrected chi connectivity index (χ4v) is 7.33. The number of hydrogen-bond acceptors (Lipinski definition) is 11. The molecule has 0 aliphatic carbocycles. The van der Waals surface area contributed by atoms with Crippen LogP contribution in [0.2, 0.25) is 0 Å². The van der Waals surface area contributed by atoms with E-state index in [9.17, 15) is 5.11 Å². The minimum atomic E-state index is 0.190. The van der Waals surface area contributed by atoms with Gasteiger partial charge in [0.05, 0.1) is 75.8 Å². The number of ether oxygens (including phenoxy) is 5. The van der Waals surface area contributed by atoms with Gasteiger partial charge in [-0.1, -0.05) is 11.8 Å². The van der Waals surface area contributed by atoms with Crippen LogP contribution in [0.3, 0.4) is 0 Å². The molecule has 3 aromatic heterocycles. The number of nitrogens with zero attached hydrogens (tertiary/aromatic N) is 3. The average molecular weight is 568 g/mol. The maximum Gasteiger partial charge on any atom is 0.218 e. The van der Waals surface area contributed by atoms with Crippen LogP contribution in [0.15, 0.2) is 16.0 Å². The third-order valence-corrected chi connectivity index (χ3v) is 9.13. The topological polar surface area (TPSA) is 96.6 Å². The zero-order valence-corrected chi connectivity index (χ0v) is 23.8. The smallest absolute Gasteiger partial charge is 0.218 e. The minimum Gasteiger partial charge on any atom is -0.493 e. The Balaban J connectivity index is 1.13. The largest absolute Gasteiger partial charge is 0.493 e. The first kappa shape index (κ1) is 28.2. The number of thiophene rings is 2. The normalized spacial score (nSPS) is 14.8. The van der Waals surface area contributed by atoms with Crippen LogP contribution in [-0.4, -0.2) is 92.8 Å².